The number of phenols is 1. The molecule has 2 atom stereocenters. The number of thiophene rings is 1. The first-order chi connectivity index (χ1) is 30.6. The lowest BCUT2D eigenvalue weighted by molar-refractivity contribution is -0.164. The molecule has 0 spiro atoms. The van der Waals surface area contributed by atoms with E-state index in [1.165, 1.54) is 17.7 Å². The lowest BCUT2D eigenvalue weighted by Crippen LogP contribution is -2.40. The maximum atomic E-state index is 14.0. The zero-order chi connectivity index (χ0) is 43.8. The number of carbonyl (C=O) groups excluding carboxylic acids is 2. The first-order valence-corrected chi connectivity index (χ1v) is 22.5. The van der Waals surface area contributed by atoms with E-state index in [-0.39, 0.29) is 29.6 Å². The van der Waals surface area contributed by atoms with Crippen LogP contribution in [0.3, 0.4) is 0 Å². The summed E-state index contributed by atoms with van der Waals surface area (Å²) in [5, 5.41) is 34.1. The predicted molar refractivity (Wildman–Crippen MR) is 248 cm³/mol. The fraction of sp³-hybridized carbons (Fsp3) is 0.264. The van der Waals surface area contributed by atoms with E-state index in [4.69, 9.17) is 4.74 Å². The van der Waals surface area contributed by atoms with Crippen molar-refractivity contribution >= 4 is 34.0 Å². The third-order valence-electron chi connectivity index (χ3n) is 12.2. The number of nitrogens with one attached hydrogen (secondary N) is 1. The van der Waals surface area contributed by atoms with Gasteiger partial charge in [0.25, 0.3) is 0 Å². The number of likely N-dealkylation sites (tertiary alicyclic amines) is 1. The fourth-order valence-electron chi connectivity index (χ4n) is 8.58. The molecule has 1 aliphatic rings. The number of Topliss-reactive ketones (excluding diaryl/α,β-unsaturated/α-hetero) is 1. The van der Waals surface area contributed by atoms with Gasteiger partial charge in [-0.3, -0.25) is 14.5 Å². The number of aryl methyl sites for hydroxylation is 2. The molecule has 0 radical (unpaired) electrons. The van der Waals surface area contributed by atoms with E-state index in [1.54, 1.807) is 41.7 Å². The van der Waals surface area contributed by atoms with Crippen molar-refractivity contribution in [1.82, 2.24) is 9.88 Å². The summed E-state index contributed by atoms with van der Waals surface area (Å²) in [5.74, 6) is -0.473. The average molecular weight is 861 g/mol. The van der Waals surface area contributed by atoms with Crippen molar-refractivity contribution in [1.29, 1.82) is 0 Å². The number of aliphatic hydroxyl groups is 2. The van der Waals surface area contributed by atoms with Crippen molar-refractivity contribution in [2.45, 2.75) is 63.2 Å². The van der Waals surface area contributed by atoms with Crippen LogP contribution in [0.1, 0.15) is 81.3 Å². The Morgan fingerprint density at radius 3 is 2.32 bits per heavy atom. The molecule has 0 bridgehead atoms. The lowest BCUT2D eigenvalue weighted by Gasteiger charge is -2.33. The Morgan fingerprint density at radius 1 is 0.794 bits per heavy atom. The molecule has 0 amide bonds. The van der Waals surface area contributed by atoms with Gasteiger partial charge in [0.1, 0.15) is 5.75 Å². The van der Waals surface area contributed by atoms with Gasteiger partial charge in [-0.2, -0.15) is 0 Å². The molecule has 2 aromatic heterocycles. The maximum absolute atomic E-state index is 14.0. The number of carbonyl (C=O) groups is 2. The molecule has 10 heteroatoms. The van der Waals surface area contributed by atoms with E-state index in [9.17, 15) is 29.7 Å². The van der Waals surface area contributed by atoms with E-state index in [2.05, 4.69) is 34.1 Å². The summed E-state index contributed by atoms with van der Waals surface area (Å²) in [4.78, 5) is 46.3. The molecule has 0 aliphatic carbocycles. The number of aromatic nitrogens is 1. The van der Waals surface area contributed by atoms with Crippen LogP contribution in [0, 0.1) is 5.92 Å². The van der Waals surface area contributed by atoms with Gasteiger partial charge in [-0.25, -0.2) is 4.79 Å². The second-order valence-electron chi connectivity index (χ2n) is 16.5. The number of hydrogen-bond acceptors (Lipinski definition) is 9. The number of hydrogen-bond donors (Lipinski definition) is 4. The molecule has 1 fully saturated rings. The largest absolute Gasteiger partial charge is 0.506 e. The van der Waals surface area contributed by atoms with Crippen molar-refractivity contribution < 1.29 is 29.6 Å². The van der Waals surface area contributed by atoms with E-state index in [1.807, 2.05) is 78.9 Å². The molecular weight excluding hydrogens is 809 g/mol. The van der Waals surface area contributed by atoms with E-state index >= 15 is 0 Å². The van der Waals surface area contributed by atoms with Crippen LogP contribution in [0.5, 0.6) is 5.75 Å². The minimum Gasteiger partial charge on any atom is -0.506 e. The molecule has 1 aliphatic heterocycles. The zero-order valence-corrected chi connectivity index (χ0v) is 35.9. The predicted octanol–water partition coefficient (Wildman–Crippen LogP) is 9.53. The van der Waals surface area contributed by atoms with Gasteiger partial charge in [0.05, 0.1) is 18.2 Å². The zero-order valence-electron chi connectivity index (χ0n) is 35.1. The molecule has 5 aromatic carbocycles. The van der Waals surface area contributed by atoms with Gasteiger partial charge >= 0.3 is 5.97 Å². The number of pyridine rings is 1. The molecule has 0 unspecified atom stereocenters. The first kappa shape index (κ1) is 43.5. The summed E-state index contributed by atoms with van der Waals surface area (Å²) in [7, 11) is 0. The number of benzene rings is 5. The molecule has 322 valence electrons. The number of esters is 1. The highest BCUT2D eigenvalue weighted by Crippen LogP contribution is 2.37. The van der Waals surface area contributed by atoms with Crippen LogP contribution in [-0.4, -0.2) is 56.7 Å². The minimum atomic E-state index is -2.00. The second-order valence-corrected chi connectivity index (χ2v) is 17.7. The summed E-state index contributed by atoms with van der Waals surface area (Å²) in [5.41, 5.74) is 3.28. The topological polar surface area (TPSA) is 140 Å². The van der Waals surface area contributed by atoms with Gasteiger partial charge in [0.15, 0.2) is 5.78 Å². The number of phenolic OH excluding ortho intramolecular Hbond substituents is 1. The van der Waals surface area contributed by atoms with Crippen LogP contribution in [0.4, 0.5) is 0 Å². The van der Waals surface area contributed by atoms with Gasteiger partial charge in [-0.05, 0) is 122 Å². The van der Waals surface area contributed by atoms with Crippen molar-refractivity contribution in [2.24, 2.45) is 5.92 Å². The SMILES string of the molecule is O=C(CCc1ccc(-c2cccc([C@](O)(C(=O)OCC3CCN(Cc4ccccc4)CC3)c3ccccc3)c2)s1)c1cccc(CCC[C@H](O)c2ccc(O)c3[nH]c(=O)ccc23)c1. The van der Waals surface area contributed by atoms with E-state index in [0.717, 1.165) is 53.4 Å². The monoisotopic (exact) mass is 860 g/mol. The number of aromatic hydroxyl groups is 1. The number of nitrogens with zero attached hydrogens (tertiary/aromatic N) is 1. The number of aromatic amines is 1. The normalized spacial score (nSPS) is 14.9. The second kappa shape index (κ2) is 19.9. The quantitative estimate of drug-likeness (QED) is 0.0525. The van der Waals surface area contributed by atoms with Gasteiger partial charge in [0.2, 0.25) is 11.2 Å². The Kier molecular flexibility index (Phi) is 13.7. The Hall–Kier alpha value is -6.17. The van der Waals surface area contributed by atoms with Gasteiger partial charge < -0.3 is 25.0 Å². The number of piperidine rings is 1. The minimum absolute atomic E-state index is 0.0440. The van der Waals surface area contributed by atoms with Crippen LogP contribution in [0.15, 0.2) is 150 Å². The first-order valence-electron chi connectivity index (χ1n) is 21.7. The summed E-state index contributed by atoms with van der Waals surface area (Å²) in [6, 6.07) is 44.7. The third kappa shape index (κ3) is 10.4. The summed E-state index contributed by atoms with van der Waals surface area (Å²) >= 11 is 1.58. The highest BCUT2D eigenvalue weighted by atomic mass is 32.1. The fourth-order valence-corrected chi connectivity index (χ4v) is 9.59. The van der Waals surface area contributed by atoms with Crippen LogP contribution in [0.2, 0.25) is 0 Å². The van der Waals surface area contributed by atoms with Gasteiger partial charge in [-0.1, -0.05) is 103 Å². The Labute approximate surface area is 371 Å². The molecule has 63 heavy (non-hydrogen) atoms. The van der Waals surface area contributed by atoms with Gasteiger partial charge in [-0.15, -0.1) is 11.3 Å². The van der Waals surface area contributed by atoms with Crippen LogP contribution in [0.25, 0.3) is 21.3 Å². The lowest BCUT2D eigenvalue weighted by atomic mass is 9.85. The third-order valence-corrected chi connectivity index (χ3v) is 13.4. The van der Waals surface area contributed by atoms with Crippen molar-refractivity contribution in [3.63, 3.8) is 0 Å². The molecule has 9 nitrogen and oxygen atoms in total. The summed E-state index contributed by atoms with van der Waals surface area (Å²) < 4.78 is 5.96. The summed E-state index contributed by atoms with van der Waals surface area (Å²) in [6.45, 7) is 3.00. The van der Waals surface area contributed by atoms with E-state index in [0.29, 0.717) is 65.3 Å². The van der Waals surface area contributed by atoms with Crippen LogP contribution >= 0.6 is 11.3 Å². The highest BCUT2D eigenvalue weighted by molar-refractivity contribution is 7.15. The van der Waals surface area contributed by atoms with Gasteiger partial charge in [0, 0.05) is 45.3 Å². The standard InChI is InChI=1S/C53H52N2O7S/c56-46(39-14-7-12-36(32-39)13-8-19-47(57)44-22-25-48(58)51-45(44)23-27-50(59)54-51)24-20-43-21-26-49(63-43)40-15-9-18-42(33-40)53(61,41-16-5-2-6-17-41)52(60)62-35-38-28-30-55(31-29-38)34-37-10-3-1-4-11-37/h1-7,9-12,14-18,21-23,25-27,32-33,38,47,57-58,61H,8,13,19-20,24,28-31,34-35H2,(H,54,59)/t47-,53-/m0/s1. The van der Waals surface area contributed by atoms with Crippen molar-refractivity contribution in [3.8, 4) is 16.2 Å². The molecular formula is C53H52N2O7S. The molecule has 4 N–H and O–H groups in total. The Balaban J connectivity index is 0.866. The smallest absolute Gasteiger partial charge is 0.347 e. The molecule has 0 saturated carbocycles. The highest BCUT2D eigenvalue weighted by Gasteiger charge is 2.42. The number of ether oxygens (including phenoxy) is 1. The molecule has 8 rings (SSSR count). The Morgan fingerprint density at radius 2 is 1.52 bits per heavy atom. The summed E-state index contributed by atoms with van der Waals surface area (Å²) in [6.07, 6.45) is 3.75. The number of ketones is 1. The van der Waals surface area contributed by atoms with Crippen LogP contribution in [-0.2, 0) is 34.5 Å². The maximum Gasteiger partial charge on any atom is 0.347 e. The number of H-pyrrole nitrogens is 1. The van der Waals surface area contributed by atoms with Crippen molar-refractivity contribution in [3.05, 3.63) is 194 Å². The number of aliphatic hydroxyl groups excluding tert-OH is 1. The number of fused-ring (bicyclic) bond motifs is 1. The molecule has 1 saturated heterocycles. The molecule has 7 aromatic rings. The van der Waals surface area contributed by atoms with Crippen LogP contribution < -0.4 is 5.56 Å². The van der Waals surface area contributed by atoms with E-state index < -0.39 is 17.7 Å². The number of rotatable bonds is 17. The Bertz CT molecular complexity index is 2720. The van der Waals surface area contributed by atoms with Crippen molar-refractivity contribution in [2.75, 3.05) is 19.7 Å². The molecule has 3 heterocycles. The average Bonchev–Trinajstić information content (AvgIpc) is 3.80.